The van der Waals surface area contributed by atoms with Gasteiger partial charge in [0.05, 0.1) is 13.0 Å². The van der Waals surface area contributed by atoms with Gasteiger partial charge >= 0.3 is 12.0 Å². The van der Waals surface area contributed by atoms with E-state index >= 15 is 0 Å². The minimum absolute atomic E-state index is 0.0691. The molecule has 2 amide bonds. The average molecular weight is 252 g/mol. The van der Waals surface area contributed by atoms with Crippen LogP contribution in [0.4, 0.5) is 4.79 Å². The fraction of sp³-hybridized carbons (Fsp3) is 0.692. The highest BCUT2D eigenvalue weighted by Crippen LogP contribution is 2.22. The van der Waals surface area contributed by atoms with E-state index < -0.39 is 5.97 Å². The molecule has 1 aliphatic carbocycles. The third kappa shape index (κ3) is 4.66. The maximum absolute atomic E-state index is 11.9. The summed E-state index contributed by atoms with van der Waals surface area (Å²) in [6, 6.07) is -0.0549. The number of nitrogens with one attached hydrogen (secondary N) is 1. The highest BCUT2D eigenvalue weighted by atomic mass is 16.4. The Morgan fingerprint density at radius 1 is 1.33 bits per heavy atom. The van der Waals surface area contributed by atoms with Crippen molar-refractivity contribution in [2.45, 2.75) is 44.6 Å². The number of carboxylic acid groups (broad SMARTS) is 1. The number of nitrogens with zero attached hydrogens (tertiary/aromatic N) is 1. The van der Waals surface area contributed by atoms with Gasteiger partial charge in [-0.1, -0.05) is 25.2 Å². The summed E-state index contributed by atoms with van der Waals surface area (Å²) < 4.78 is 0. The van der Waals surface area contributed by atoms with Crippen LogP contribution in [0.2, 0.25) is 0 Å². The summed E-state index contributed by atoms with van der Waals surface area (Å²) in [7, 11) is 0. The zero-order valence-electron chi connectivity index (χ0n) is 10.5. The molecule has 1 fully saturated rings. The molecular weight excluding hydrogens is 232 g/mol. The van der Waals surface area contributed by atoms with Crippen molar-refractivity contribution in [3.8, 4) is 12.3 Å². The topological polar surface area (TPSA) is 69.6 Å². The number of carboxylic acids is 1. The number of amides is 2. The van der Waals surface area contributed by atoms with Crippen molar-refractivity contribution in [3.05, 3.63) is 0 Å². The number of carbonyl (C=O) groups is 2. The predicted molar refractivity (Wildman–Crippen MR) is 68.1 cm³/mol. The number of urea groups is 1. The van der Waals surface area contributed by atoms with Crippen LogP contribution < -0.4 is 5.32 Å². The monoisotopic (exact) mass is 252 g/mol. The van der Waals surface area contributed by atoms with Crippen LogP contribution in [0.1, 0.15) is 38.5 Å². The first-order valence-corrected chi connectivity index (χ1v) is 6.35. The number of hydrogen-bond acceptors (Lipinski definition) is 2. The first-order valence-electron chi connectivity index (χ1n) is 6.35. The van der Waals surface area contributed by atoms with Crippen molar-refractivity contribution in [3.63, 3.8) is 0 Å². The van der Waals surface area contributed by atoms with Crippen molar-refractivity contribution < 1.29 is 14.7 Å². The van der Waals surface area contributed by atoms with E-state index in [9.17, 15) is 9.59 Å². The van der Waals surface area contributed by atoms with E-state index in [1.807, 2.05) is 0 Å². The van der Waals surface area contributed by atoms with Gasteiger partial charge in [-0.25, -0.2) is 4.79 Å². The Bertz CT molecular complexity index is 330. The minimum atomic E-state index is -0.920. The molecule has 5 heteroatoms. The van der Waals surface area contributed by atoms with Crippen molar-refractivity contribution in [1.29, 1.82) is 0 Å². The molecule has 0 radical (unpaired) electrons. The smallest absolute Gasteiger partial charge is 0.318 e. The van der Waals surface area contributed by atoms with Gasteiger partial charge in [-0.2, -0.15) is 0 Å². The van der Waals surface area contributed by atoms with Gasteiger partial charge in [-0.15, -0.1) is 6.42 Å². The number of hydrogen-bond donors (Lipinski definition) is 2. The van der Waals surface area contributed by atoms with Gasteiger partial charge in [-0.05, 0) is 12.8 Å². The molecular formula is C13H20N2O3. The molecule has 0 heterocycles. The van der Waals surface area contributed by atoms with Crippen molar-refractivity contribution in [2.24, 2.45) is 0 Å². The average Bonchev–Trinajstić information content (AvgIpc) is 2.36. The lowest BCUT2D eigenvalue weighted by Gasteiger charge is -2.33. The summed E-state index contributed by atoms with van der Waals surface area (Å²) in [6.45, 7) is 0.422. The Morgan fingerprint density at radius 3 is 2.56 bits per heavy atom. The molecule has 100 valence electrons. The molecule has 0 aromatic carbocycles. The van der Waals surface area contributed by atoms with Crippen molar-refractivity contribution in [2.75, 3.05) is 13.1 Å². The molecule has 1 aliphatic rings. The van der Waals surface area contributed by atoms with Gasteiger partial charge < -0.3 is 15.3 Å². The Hall–Kier alpha value is -1.70. The molecule has 0 spiro atoms. The highest BCUT2D eigenvalue weighted by Gasteiger charge is 2.24. The SMILES string of the molecule is C#CCN(C(=O)NCCC(=O)O)C1CCCCC1. The Kier molecular flexibility index (Phi) is 6.06. The van der Waals surface area contributed by atoms with Crippen molar-refractivity contribution >= 4 is 12.0 Å². The molecule has 1 rings (SSSR count). The van der Waals surface area contributed by atoms with Crippen LogP contribution in [-0.2, 0) is 4.79 Å². The van der Waals surface area contributed by atoms with E-state index in [1.165, 1.54) is 6.42 Å². The molecule has 0 aromatic heterocycles. The van der Waals surface area contributed by atoms with Gasteiger partial charge in [0.15, 0.2) is 0 Å². The number of carbonyl (C=O) groups excluding carboxylic acids is 1. The van der Waals surface area contributed by atoms with Crippen LogP contribution in [0.15, 0.2) is 0 Å². The van der Waals surface area contributed by atoms with E-state index in [0.29, 0.717) is 0 Å². The summed E-state index contributed by atoms with van der Waals surface area (Å²) in [5, 5.41) is 11.1. The van der Waals surface area contributed by atoms with Gasteiger partial charge in [0.25, 0.3) is 0 Å². The molecule has 1 saturated carbocycles. The second kappa shape index (κ2) is 7.59. The Balaban J connectivity index is 2.46. The van der Waals surface area contributed by atoms with Crippen LogP contribution >= 0.6 is 0 Å². The van der Waals surface area contributed by atoms with Crippen molar-refractivity contribution in [1.82, 2.24) is 10.2 Å². The fourth-order valence-corrected chi connectivity index (χ4v) is 2.24. The number of terminal acetylenes is 1. The maximum Gasteiger partial charge on any atom is 0.318 e. The lowest BCUT2D eigenvalue weighted by molar-refractivity contribution is -0.136. The van der Waals surface area contributed by atoms with Crippen LogP contribution in [0.3, 0.4) is 0 Å². The third-order valence-corrected chi connectivity index (χ3v) is 3.15. The molecule has 0 saturated heterocycles. The van der Waals surface area contributed by atoms with E-state index in [-0.39, 0.29) is 31.6 Å². The normalized spacial score (nSPS) is 15.7. The molecule has 0 atom stereocenters. The van der Waals surface area contributed by atoms with Crippen LogP contribution in [0, 0.1) is 12.3 Å². The second-order valence-electron chi connectivity index (χ2n) is 4.50. The molecule has 0 aliphatic heterocycles. The lowest BCUT2D eigenvalue weighted by atomic mass is 9.94. The molecule has 2 N–H and O–H groups in total. The fourth-order valence-electron chi connectivity index (χ4n) is 2.24. The largest absolute Gasteiger partial charge is 0.481 e. The first kappa shape index (κ1) is 14.4. The zero-order chi connectivity index (χ0) is 13.4. The molecule has 5 nitrogen and oxygen atoms in total. The number of aliphatic carboxylic acids is 1. The summed E-state index contributed by atoms with van der Waals surface area (Å²) in [6.07, 6.45) is 10.6. The van der Waals surface area contributed by atoms with E-state index in [4.69, 9.17) is 11.5 Å². The maximum atomic E-state index is 11.9. The molecule has 0 bridgehead atoms. The van der Waals surface area contributed by atoms with Gasteiger partial charge in [-0.3, -0.25) is 4.79 Å². The third-order valence-electron chi connectivity index (χ3n) is 3.15. The van der Waals surface area contributed by atoms with E-state index in [0.717, 1.165) is 25.7 Å². The minimum Gasteiger partial charge on any atom is -0.481 e. The predicted octanol–water partition coefficient (Wildman–Crippen LogP) is 1.44. The summed E-state index contributed by atoms with van der Waals surface area (Å²) in [5.74, 6) is 1.57. The van der Waals surface area contributed by atoms with E-state index in [2.05, 4.69) is 11.2 Å². The molecule has 18 heavy (non-hydrogen) atoms. The van der Waals surface area contributed by atoms with Gasteiger partial charge in [0.1, 0.15) is 0 Å². The summed E-state index contributed by atoms with van der Waals surface area (Å²) in [4.78, 5) is 24.0. The number of rotatable bonds is 5. The first-order chi connectivity index (χ1) is 8.65. The Labute approximate surface area is 108 Å². The van der Waals surface area contributed by atoms with Crippen LogP contribution in [0.25, 0.3) is 0 Å². The Morgan fingerprint density at radius 2 is 2.00 bits per heavy atom. The van der Waals surface area contributed by atoms with Gasteiger partial charge in [0.2, 0.25) is 0 Å². The standard InChI is InChI=1S/C13H20N2O3/c1-2-10-15(11-6-4-3-5-7-11)13(18)14-9-8-12(16)17/h1,11H,3-10H2,(H,14,18)(H,16,17). The van der Waals surface area contributed by atoms with Crippen LogP contribution in [0.5, 0.6) is 0 Å². The summed E-state index contributed by atoms with van der Waals surface area (Å²) >= 11 is 0. The van der Waals surface area contributed by atoms with E-state index in [1.54, 1.807) is 4.90 Å². The van der Waals surface area contributed by atoms with Gasteiger partial charge in [0, 0.05) is 12.6 Å². The summed E-state index contributed by atoms with van der Waals surface area (Å²) in [5.41, 5.74) is 0. The zero-order valence-corrected chi connectivity index (χ0v) is 10.5. The highest BCUT2D eigenvalue weighted by molar-refractivity contribution is 5.75. The molecule has 0 aromatic rings. The van der Waals surface area contributed by atoms with Crippen LogP contribution in [-0.4, -0.2) is 41.1 Å². The molecule has 0 unspecified atom stereocenters. The lowest BCUT2D eigenvalue weighted by Crippen LogP contribution is -2.47. The second-order valence-corrected chi connectivity index (χ2v) is 4.50. The quantitative estimate of drug-likeness (QED) is 0.727.